The first-order valence-electron chi connectivity index (χ1n) is 8.96. The molecule has 0 radical (unpaired) electrons. The van der Waals surface area contributed by atoms with Crippen LogP contribution < -0.4 is 0 Å². The van der Waals surface area contributed by atoms with E-state index in [1.807, 2.05) is 0 Å². The predicted octanol–water partition coefficient (Wildman–Crippen LogP) is 2.09. The summed E-state index contributed by atoms with van der Waals surface area (Å²) in [6, 6.07) is 4.26. The Morgan fingerprint density at radius 2 is 1.73 bits per heavy atom. The Hall–Kier alpha value is -2.70. The van der Waals surface area contributed by atoms with Gasteiger partial charge in [0.2, 0.25) is 6.10 Å². The molecule has 2 heterocycles. The van der Waals surface area contributed by atoms with E-state index >= 15 is 0 Å². The lowest BCUT2D eigenvalue weighted by atomic mass is 9.94. The summed E-state index contributed by atoms with van der Waals surface area (Å²) < 4.78 is 9.92. The normalized spacial score (nSPS) is 23.2. The number of nitrogens with zero attached hydrogens (tertiary/aromatic N) is 1. The van der Waals surface area contributed by atoms with Gasteiger partial charge in [0.15, 0.2) is 0 Å². The average Bonchev–Trinajstić information content (AvgIpc) is 3.17. The van der Waals surface area contributed by atoms with Crippen LogP contribution in [0, 0.1) is 0 Å². The zero-order valence-electron chi connectivity index (χ0n) is 14.2. The maximum Gasteiger partial charge on any atom is 0.347 e. The van der Waals surface area contributed by atoms with Gasteiger partial charge in [0.1, 0.15) is 0 Å². The van der Waals surface area contributed by atoms with E-state index in [0.29, 0.717) is 12.0 Å². The minimum atomic E-state index is -0.910. The molecule has 2 aliphatic heterocycles. The summed E-state index contributed by atoms with van der Waals surface area (Å²) in [5.41, 5.74) is 0.691. The number of ether oxygens (including phenoxy) is 2. The van der Waals surface area contributed by atoms with Crippen molar-refractivity contribution >= 4 is 23.8 Å². The molecule has 26 heavy (non-hydrogen) atoms. The fourth-order valence-corrected chi connectivity index (χ4v) is 3.84. The highest BCUT2D eigenvalue weighted by Crippen LogP contribution is 2.31. The fourth-order valence-electron chi connectivity index (χ4n) is 3.84. The van der Waals surface area contributed by atoms with Gasteiger partial charge in [-0.3, -0.25) is 14.5 Å². The summed E-state index contributed by atoms with van der Waals surface area (Å²) >= 11 is 0. The Morgan fingerprint density at radius 1 is 1.00 bits per heavy atom. The van der Waals surface area contributed by atoms with Crippen LogP contribution in [0.2, 0.25) is 0 Å². The van der Waals surface area contributed by atoms with E-state index in [1.54, 1.807) is 0 Å². The number of esters is 2. The zero-order chi connectivity index (χ0) is 18.3. The van der Waals surface area contributed by atoms with E-state index in [-0.39, 0.29) is 35.6 Å². The van der Waals surface area contributed by atoms with Crippen molar-refractivity contribution in [1.29, 1.82) is 0 Å². The first-order chi connectivity index (χ1) is 12.6. The lowest BCUT2D eigenvalue weighted by molar-refractivity contribution is -0.145. The summed E-state index contributed by atoms with van der Waals surface area (Å²) in [5.74, 6) is -1.91. The number of cyclic esters (lactones) is 1. The Balaban J connectivity index is 1.55. The van der Waals surface area contributed by atoms with Crippen molar-refractivity contribution in [1.82, 2.24) is 4.90 Å². The van der Waals surface area contributed by atoms with Crippen LogP contribution in [0.5, 0.6) is 0 Å². The Labute approximate surface area is 150 Å². The van der Waals surface area contributed by atoms with Crippen molar-refractivity contribution in [3.05, 3.63) is 34.9 Å². The molecule has 3 aliphatic rings. The number of benzene rings is 1. The second-order valence-corrected chi connectivity index (χ2v) is 6.88. The number of hydrogen-bond acceptors (Lipinski definition) is 6. The van der Waals surface area contributed by atoms with Gasteiger partial charge < -0.3 is 9.47 Å². The molecule has 0 spiro atoms. The summed E-state index contributed by atoms with van der Waals surface area (Å²) in [7, 11) is 0. The largest absolute Gasteiger partial charge is 0.463 e. The monoisotopic (exact) mass is 357 g/mol. The molecule has 1 aromatic carbocycles. The second-order valence-electron chi connectivity index (χ2n) is 6.88. The lowest BCUT2D eigenvalue weighted by Gasteiger charge is -2.29. The van der Waals surface area contributed by atoms with Crippen LogP contribution in [0.3, 0.4) is 0 Å². The lowest BCUT2D eigenvalue weighted by Crippen LogP contribution is -2.40. The van der Waals surface area contributed by atoms with Crippen LogP contribution in [0.1, 0.15) is 69.6 Å². The fraction of sp³-hybridized carbons (Fsp3) is 0.474. The zero-order valence-corrected chi connectivity index (χ0v) is 14.2. The average molecular weight is 357 g/mol. The molecular weight excluding hydrogens is 338 g/mol. The summed E-state index contributed by atoms with van der Waals surface area (Å²) in [4.78, 5) is 50.4. The third-order valence-electron chi connectivity index (χ3n) is 5.23. The van der Waals surface area contributed by atoms with Crippen LogP contribution in [-0.4, -0.2) is 47.4 Å². The highest BCUT2D eigenvalue weighted by molar-refractivity contribution is 6.22. The summed E-state index contributed by atoms with van der Waals surface area (Å²) in [6.45, 7) is 0.226. The molecule has 1 saturated heterocycles. The first-order valence-corrected chi connectivity index (χ1v) is 8.96. The molecule has 7 nitrogen and oxygen atoms in total. The topological polar surface area (TPSA) is 90.0 Å². The van der Waals surface area contributed by atoms with Gasteiger partial charge in [-0.15, -0.1) is 0 Å². The number of fused-ring (bicyclic) bond motifs is 1. The maximum atomic E-state index is 12.8. The van der Waals surface area contributed by atoms with Crippen LogP contribution in [0.15, 0.2) is 18.2 Å². The van der Waals surface area contributed by atoms with E-state index in [0.717, 1.165) is 32.1 Å². The summed E-state index contributed by atoms with van der Waals surface area (Å²) in [6.07, 6.45) is 4.20. The highest BCUT2D eigenvalue weighted by atomic mass is 16.6. The van der Waals surface area contributed by atoms with Crippen molar-refractivity contribution in [3.8, 4) is 0 Å². The number of hydrogen-bond donors (Lipinski definition) is 0. The van der Waals surface area contributed by atoms with Gasteiger partial charge in [0.05, 0.1) is 23.3 Å². The van der Waals surface area contributed by atoms with Gasteiger partial charge in [-0.25, -0.2) is 9.59 Å². The van der Waals surface area contributed by atoms with E-state index < -0.39 is 18.0 Å². The third kappa shape index (κ3) is 2.77. The smallest absolute Gasteiger partial charge is 0.347 e. The quantitative estimate of drug-likeness (QED) is 0.608. The molecule has 2 amide bonds. The minimum Gasteiger partial charge on any atom is -0.463 e. The van der Waals surface area contributed by atoms with Crippen molar-refractivity contribution in [2.75, 3.05) is 6.61 Å². The van der Waals surface area contributed by atoms with Gasteiger partial charge >= 0.3 is 11.9 Å². The SMILES string of the molecule is O=C(OC1CCOC1=O)c1ccc2c(c1)C(=O)N(C1CCCCC1)C2=O. The van der Waals surface area contributed by atoms with Crippen LogP contribution in [0.25, 0.3) is 0 Å². The third-order valence-corrected chi connectivity index (χ3v) is 5.23. The number of imide groups is 1. The number of rotatable bonds is 3. The second kappa shape index (κ2) is 6.55. The predicted molar refractivity (Wildman–Crippen MR) is 88.6 cm³/mol. The molecule has 1 aromatic rings. The van der Waals surface area contributed by atoms with Gasteiger partial charge in [-0.1, -0.05) is 19.3 Å². The van der Waals surface area contributed by atoms with Crippen LogP contribution in [0.4, 0.5) is 0 Å². The Bertz CT molecular complexity index is 795. The van der Waals surface area contributed by atoms with Gasteiger partial charge in [-0.2, -0.15) is 0 Å². The Kier molecular flexibility index (Phi) is 4.22. The highest BCUT2D eigenvalue weighted by Gasteiger charge is 2.41. The standard InChI is InChI=1S/C19H19NO6/c21-16-13-7-6-11(18(23)26-15-8-9-25-19(15)24)10-14(13)17(22)20(16)12-4-2-1-3-5-12/h6-7,10,12,15H,1-5,8-9H2. The molecule has 1 aliphatic carbocycles. The molecule has 1 unspecified atom stereocenters. The Morgan fingerprint density at radius 3 is 2.42 bits per heavy atom. The van der Waals surface area contributed by atoms with Gasteiger partial charge in [0, 0.05) is 12.5 Å². The van der Waals surface area contributed by atoms with E-state index in [2.05, 4.69) is 0 Å². The van der Waals surface area contributed by atoms with Crippen molar-refractivity contribution in [2.24, 2.45) is 0 Å². The molecule has 136 valence electrons. The summed E-state index contributed by atoms with van der Waals surface area (Å²) in [5, 5.41) is 0. The molecule has 0 bridgehead atoms. The molecule has 7 heteroatoms. The molecule has 2 fully saturated rings. The van der Waals surface area contributed by atoms with Gasteiger partial charge in [0.25, 0.3) is 11.8 Å². The van der Waals surface area contributed by atoms with Crippen molar-refractivity contribution in [2.45, 2.75) is 50.7 Å². The number of carbonyl (C=O) groups is 4. The molecule has 1 saturated carbocycles. The van der Waals surface area contributed by atoms with E-state index in [9.17, 15) is 19.2 Å². The molecule has 0 N–H and O–H groups in total. The van der Waals surface area contributed by atoms with Crippen molar-refractivity contribution in [3.63, 3.8) is 0 Å². The maximum absolute atomic E-state index is 12.8. The van der Waals surface area contributed by atoms with Crippen LogP contribution >= 0.6 is 0 Å². The van der Waals surface area contributed by atoms with Crippen LogP contribution in [-0.2, 0) is 14.3 Å². The number of carbonyl (C=O) groups excluding carboxylic acids is 4. The molecular formula is C19H19NO6. The van der Waals surface area contributed by atoms with Crippen molar-refractivity contribution < 1.29 is 28.7 Å². The molecule has 4 rings (SSSR count). The molecule has 0 aromatic heterocycles. The molecule has 1 atom stereocenters. The van der Waals surface area contributed by atoms with Gasteiger partial charge in [-0.05, 0) is 31.0 Å². The number of amides is 2. The first kappa shape index (κ1) is 16.8. The van der Waals surface area contributed by atoms with E-state index in [4.69, 9.17) is 9.47 Å². The van der Waals surface area contributed by atoms with E-state index in [1.165, 1.54) is 23.1 Å². The minimum absolute atomic E-state index is 0.0696.